The maximum atomic E-state index is 13.6. The average molecular weight is 904 g/mol. The van der Waals surface area contributed by atoms with Gasteiger partial charge in [-0.3, -0.25) is 29.8 Å². The highest BCUT2D eigenvalue weighted by molar-refractivity contribution is 5.98. The van der Waals surface area contributed by atoms with Crippen molar-refractivity contribution in [3.05, 3.63) is 192 Å². The maximum absolute atomic E-state index is 13.6. The summed E-state index contributed by atoms with van der Waals surface area (Å²) in [5.74, 6) is 0.191. The molecular weight excluding hydrogens is 873 g/mol. The summed E-state index contributed by atoms with van der Waals surface area (Å²) in [5, 5.41) is 23.0. The molecule has 0 unspecified atom stereocenters. The summed E-state index contributed by atoms with van der Waals surface area (Å²) in [5.41, 5.74) is 0.335. The molecule has 3 heterocycles. The highest BCUT2D eigenvalue weighted by atomic mass is 19.4. The number of nitro benzene ring substituents is 2. The number of fused-ring (bicyclic) bond motifs is 5. The minimum absolute atomic E-state index is 0.0283. The Hall–Kier alpha value is -8.35. The van der Waals surface area contributed by atoms with Gasteiger partial charge in [0.1, 0.15) is 17.2 Å². The molecule has 7 aromatic rings. The number of nitro groups is 2. The topological polar surface area (TPSA) is 169 Å². The summed E-state index contributed by atoms with van der Waals surface area (Å²) in [6, 6.07) is 32.4. The van der Waals surface area contributed by atoms with Crippen LogP contribution in [0.5, 0.6) is 0 Å². The van der Waals surface area contributed by atoms with Gasteiger partial charge in [-0.05, 0) is 66.1 Å². The van der Waals surface area contributed by atoms with Gasteiger partial charge in [0.15, 0.2) is 5.82 Å². The van der Waals surface area contributed by atoms with Crippen LogP contribution in [-0.2, 0) is 36.7 Å². The molecule has 1 aromatic heterocycles. The van der Waals surface area contributed by atoms with Crippen LogP contribution in [0.2, 0.25) is 0 Å². The van der Waals surface area contributed by atoms with E-state index in [0.717, 1.165) is 41.5 Å². The fourth-order valence-corrected chi connectivity index (χ4v) is 7.53. The van der Waals surface area contributed by atoms with Gasteiger partial charge in [0, 0.05) is 48.2 Å². The fourth-order valence-electron chi connectivity index (χ4n) is 7.53. The molecule has 332 valence electrons. The van der Waals surface area contributed by atoms with Crippen LogP contribution >= 0.6 is 0 Å². The average Bonchev–Trinajstić information content (AvgIpc) is 3.64. The molecule has 0 saturated heterocycles. The van der Waals surface area contributed by atoms with Crippen molar-refractivity contribution in [2.45, 2.75) is 38.8 Å². The number of rotatable bonds is 9. The molecule has 13 nitrogen and oxygen atoms in total. The van der Waals surface area contributed by atoms with Crippen LogP contribution < -0.4 is 5.56 Å². The number of alkyl halides is 6. The van der Waals surface area contributed by atoms with Gasteiger partial charge in [-0.2, -0.15) is 26.3 Å². The predicted molar refractivity (Wildman–Crippen MR) is 232 cm³/mol. The second kappa shape index (κ2) is 17.3. The third-order valence-electron chi connectivity index (χ3n) is 10.6. The highest BCUT2D eigenvalue weighted by Crippen LogP contribution is 2.38. The molecule has 0 radical (unpaired) electrons. The number of nitrogens with zero attached hydrogens (tertiary/aromatic N) is 7. The number of ketones is 1. The lowest BCUT2D eigenvalue weighted by atomic mass is 9.99. The number of hydrogen-bond acceptors (Lipinski definition) is 9. The van der Waals surface area contributed by atoms with Crippen LogP contribution in [-0.4, -0.2) is 39.7 Å². The van der Waals surface area contributed by atoms with E-state index in [0.29, 0.717) is 40.0 Å². The van der Waals surface area contributed by atoms with E-state index in [1.54, 1.807) is 34.9 Å². The summed E-state index contributed by atoms with van der Waals surface area (Å²) in [6.45, 7) is 1.71. The minimum Gasteiger partial charge on any atom is -0.318 e. The second-order valence-corrected chi connectivity index (χ2v) is 15.1. The second-order valence-electron chi connectivity index (χ2n) is 15.1. The molecule has 2 aliphatic rings. The van der Waals surface area contributed by atoms with Gasteiger partial charge in [-0.1, -0.05) is 66.7 Å². The zero-order chi connectivity index (χ0) is 47.1. The Bertz CT molecular complexity index is 3390. The Kier molecular flexibility index (Phi) is 11.6. The Morgan fingerprint density at radius 1 is 0.591 bits per heavy atom. The first-order chi connectivity index (χ1) is 31.3. The van der Waals surface area contributed by atoms with Crippen LogP contribution in [0.4, 0.5) is 37.7 Å². The number of hydrogen-bond donors (Lipinski definition) is 0. The van der Waals surface area contributed by atoms with Crippen molar-refractivity contribution in [1.29, 1.82) is 0 Å². The zero-order valence-electron chi connectivity index (χ0n) is 34.2. The number of carbonyl (C=O) groups excluding carboxylic acids is 1. The van der Waals surface area contributed by atoms with Crippen LogP contribution in [0.15, 0.2) is 138 Å². The quantitative estimate of drug-likeness (QED) is 0.0777. The smallest absolute Gasteiger partial charge is 0.318 e. The molecule has 0 N–H and O–H groups in total. The van der Waals surface area contributed by atoms with E-state index in [2.05, 4.69) is 15.0 Å². The van der Waals surface area contributed by atoms with E-state index in [-0.39, 0.29) is 57.9 Å². The fraction of sp³-hybridized carbons (Fsp3) is 0.128. The normalized spacial score (nSPS) is 11.8. The number of Topliss-reactive ketones (excluding diaryl/α,β-unsaturated/α-hetero) is 1. The van der Waals surface area contributed by atoms with Crippen molar-refractivity contribution >= 4 is 50.1 Å². The molecule has 0 fully saturated rings. The first-order valence-corrected chi connectivity index (χ1v) is 19.8. The van der Waals surface area contributed by atoms with Crippen molar-refractivity contribution < 1.29 is 41.0 Å². The summed E-state index contributed by atoms with van der Waals surface area (Å²) in [7, 11) is 0. The van der Waals surface area contributed by atoms with Gasteiger partial charge < -0.3 is 9.13 Å². The highest BCUT2D eigenvalue weighted by Gasteiger charge is 2.33. The monoisotopic (exact) mass is 903 g/mol. The largest absolute Gasteiger partial charge is 0.416 e. The number of benzene rings is 6. The molecule has 19 heteroatoms. The van der Waals surface area contributed by atoms with E-state index < -0.39 is 38.9 Å². The van der Waals surface area contributed by atoms with E-state index >= 15 is 0 Å². The molecule has 0 bridgehead atoms. The Morgan fingerprint density at radius 2 is 1.09 bits per heavy atom. The lowest BCUT2D eigenvalue weighted by Crippen LogP contribution is -2.25. The third kappa shape index (κ3) is 9.03. The molecule has 0 amide bonds. The zero-order valence-corrected chi connectivity index (χ0v) is 34.2. The van der Waals surface area contributed by atoms with Gasteiger partial charge in [0.05, 0.1) is 55.1 Å². The van der Waals surface area contributed by atoms with Gasteiger partial charge in [-0.15, -0.1) is 0 Å². The lowest BCUT2D eigenvalue weighted by molar-refractivity contribution is -0.384. The minimum atomic E-state index is -4.64. The van der Waals surface area contributed by atoms with Crippen molar-refractivity contribution in [3.8, 4) is 22.8 Å². The Labute approximate surface area is 367 Å². The van der Waals surface area contributed by atoms with Crippen LogP contribution in [0.3, 0.4) is 0 Å². The molecule has 9 rings (SSSR count). The predicted octanol–water partition coefficient (Wildman–Crippen LogP) is 10.8. The molecule has 66 heavy (non-hydrogen) atoms. The van der Waals surface area contributed by atoms with Gasteiger partial charge in [0.2, 0.25) is 0 Å². The van der Waals surface area contributed by atoms with E-state index in [4.69, 9.17) is 0 Å². The van der Waals surface area contributed by atoms with Crippen molar-refractivity contribution in [2.24, 2.45) is 0 Å². The number of carbonyl (C=O) groups is 1. The van der Waals surface area contributed by atoms with Gasteiger partial charge in [-0.25, -0.2) is 15.0 Å². The van der Waals surface area contributed by atoms with Gasteiger partial charge in [0.25, 0.3) is 16.9 Å². The first-order valence-electron chi connectivity index (χ1n) is 19.8. The van der Waals surface area contributed by atoms with Crippen molar-refractivity contribution in [3.63, 3.8) is 0 Å². The first kappa shape index (κ1) is 44.3. The Morgan fingerprint density at radius 3 is 1.62 bits per heavy atom. The van der Waals surface area contributed by atoms with Gasteiger partial charge >= 0.3 is 12.4 Å². The third-order valence-corrected chi connectivity index (χ3v) is 10.6. The summed E-state index contributed by atoms with van der Waals surface area (Å²) in [6.07, 6.45) is -9.28. The number of non-ortho nitro benzene ring substituents is 2. The number of halogens is 6. The summed E-state index contributed by atoms with van der Waals surface area (Å²) < 4.78 is 83.2. The SMILES string of the molecule is CC(=O)Cc1ccc([N+](=O)[O-])cc1-c1nc2cc(C(F)(F)F)ccc2n(Cc2ccccc2)c1=O.O=[N+]([O-])c1ccc2nc3n(Cc4ccccc4)c4ccc(C(F)(F)F)cc4nc-3c2c1. The van der Waals surface area contributed by atoms with E-state index in [1.165, 1.54) is 54.0 Å². The van der Waals surface area contributed by atoms with Crippen molar-refractivity contribution in [2.75, 3.05) is 0 Å². The van der Waals surface area contributed by atoms with E-state index in [9.17, 15) is 56.2 Å². The van der Waals surface area contributed by atoms with Crippen molar-refractivity contribution in [1.82, 2.24) is 24.1 Å². The molecule has 6 aromatic carbocycles. The molecule has 0 saturated carbocycles. The Balaban J connectivity index is 0.000000181. The maximum Gasteiger partial charge on any atom is 0.416 e. The molecule has 0 atom stereocenters. The standard InChI is InChI=1S/C25H18F3N3O4.C22H13F3N4O2/c1-15(32)11-17-7-9-19(31(34)35)13-20(17)23-24(33)30(14-16-5-3-2-4-6-16)22-10-8-18(25(26,27)28)12-21(22)29-23;23-22(24,25)14-6-9-19-18(10-14)26-20-16-11-15(29(30)31)7-8-17(16)27-21(20)28(19)12-13-4-2-1-3-5-13/h2-10,12-13H,11,14H2,1H3;1-11H,12H2. The van der Waals surface area contributed by atoms with Crippen LogP contribution in [0.25, 0.3) is 55.7 Å². The molecule has 2 aliphatic heterocycles. The molecule has 0 spiro atoms. The summed E-state index contributed by atoms with van der Waals surface area (Å²) in [4.78, 5) is 60.1. The van der Waals surface area contributed by atoms with E-state index in [1.807, 2.05) is 30.3 Å². The number of aromatic nitrogens is 5. The van der Waals surface area contributed by atoms with Crippen LogP contribution in [0, 0.1) is 20.2 Å². The van der Waals surface area contributed by atoms with Crippen LogP contribution in [0.1, 0.15) is 34.7 Å². The molecular formula is C47H31F6N7O6. The molecule has 0 aliphatic carbocycles. The lowest BCUT2D eigenvalue weighted by Gasteiger charge is -2.17. The summed E-state index contributed by atoms with van der Waals surface area (Å²) >= 11 is 0.